The van der Waals surface area contributed by atoms with Gasteiger partial charge in [-0.05, 0) is 34.7 Å². The van der Waals surface area contributed by atoms with E-state index in [9.17, 15) is 0 Å². The molecular formula is C10H26N2O. The van der Waals surface area contributed by atoms with Crippen molar-refractivity contribution in [3.05, 3.63) is 0 Å². The van der Waals surface area contributed by atoms with Crippen LogP contribution in [0, 0.1) is 0 Å². The van der Waals surface area contributed by atoms with Gasteiger partial charge in [0.25, 0.3) is 0 Å². The number of nitrogens with one attached hydrogen (secondary N) is 1. The second-order valence-electron chi connectivity index (χ2n) is 4.70. The minimum atomic E-state index is -0.500. The van der Waals surface area contributed by atoms with Gasteiger partial charge in [-0.2, -0.15) is 0 Å². The van der Waals surface area contributed by atoms with Crippen LogP contribution in [0.4, 0.5) is 0 Å². The van der Waals surface area contributed by atoms with E-state index in [0.717, 1.165) is 19.1 Å². The van der Waals surface area contributed by atoms with E-state index in [0.29, 0.717) is 0 Å². The van der Waals surface area contributed by atoms with Gasteiger partial charge in [-0.15, -0.1) is 0 Å². The van der Waals surface area contributed by atoms with Crippen LogP contribution >= 0.6 is 0 Å². The van der Waals surface area contributed by atoms with Crippen LogP contribution in [0.25, 0.3) is 0 Å². The Labute approximate surface area is 83.6 Å². The number of aliphatic hydroxyl groups is 1. The first-order chi connectivity index (χ1) is 5.80. The molecule has 0 spiro atoms. The molecule has 1 aliphatic heterocycles. The Bertz CT molecular complexity index is 121. The number of hydrogen-bond acceptors (Lipinski definition) is 3. The van der Waals surface area contributed by atoms with Gasteiger partial charge in [-0.1, -0.05) is 0 Å². The van der Waals surface area contributed by atoms with E-state index >= 15 is 0 Å². The highest BCUT2D eigenvalue weighted by molar-refractivity contribution is 4.71. The molecule has 0 amide bonds. The quantitative estimate of drug-likeness (QED) is 0.596. The number of piperazine rings is 1. The summed E-state index contributed by atoms with van der Waals surface area (Å²) in [7, 11) is 2.17. The molecule has 0 radical (unpaired) electrons. The third-order valence-corrected chi connectivity index (χ3v) is 1.83. The largest absolute Gasteiger partial charge is 0.391 e. The fraction of sp³-hybridized carbons (Fsp3) is 1.00. The molecule has 13 heavy (non-hydrogen) atoms. The third-order valence-electron chi connectivity index (χ3n) is 1.83. The van der Waals surface area contributed by atoms with Gasteiger partial charge in [0.15, 0.2) is 0 Å². The van der Waals surface area contributed by atoms with Gasteiger partial charge in [0, 0.05) is 27.1 Å². The van der Waals surface area contributed by atoms with Crippen molar-refractivity contribution in [1.82, 2.24) is 10.2 Å². The Balaban J connectivity index is 0. The first kappa shape index (κ1) is 12.9. The minimum Gasteiger partial charge on any atom is -0.391 e. The van der Waals surface area contributed by atoms with Gasteiger partial charge >= 0.3 is 0 Å². The fourth-order valence-corrected chi connectivity index (χ4v) is 0.943. The molecule has 0 aromatic heterocycles. The van der Waals surface area contributed by atoms with Crippen molar-refractivity contribution in [3.63, 3.8) is 0 Å². The number of rotatable bonds is 0. The van der Waals surface area contributed by atoms with Gasteiger partial charge in [-0.25, -0.2) is 0 Å². The maximum atomic E-state index is 8.52. The first-order valence-electron chi connectivity index (χ1n) is 4.94. The van der Waals surface area contributed by atoms with Gasteiger partial charge in [0.05, 0.1) is 5.60 Å². The third kappa shape index (κ3) is 9.80. The van der Waals surface area contributed by atoms with E-state index in [1.165, 1.54) is 6.54 Å². The SMILES string of the molecule is CC(C)(C)O.C[C@@H]1CNCCN1C.[HH]. The molecule has 1 heterocycles. The summed E-state index contributed by atoms with van der Waals surface area (Å²) in [6.45, 7) is 11.0. The number of hydrogen-bond donors (Lipinski definition) is 2. The molecule has 0 bridgehead atoms. The van der Waals surface area contributed by atoms with Crippen molar-refractivity contribution in [1.29, 1.82) is 0 Å². The summed E-state index contributed by atoms with van der Waals surface area (Å²) in [5, 5.41) is 11.8. The Morgan fingerprint density at radius 3 is 2.15 bits per heavy atom. The van der Waals surface area contributed by atoms with E-state index in [-0.39, 0.29) is 1.43 Å². The molecule has 0 unspecified atom stereocenters. The standard InChI is InChI=1S/C6H14N2.C4H10O.H2/c1-6-5-7-3-4-8(6)2;1-4(2,3)5;/h6-7H,3-5H2,1-2H3;5H,1-3H3;1H/t6-;;/m1../s1. The highest BCUT2D eigenvalue weighted by atomic mass is 16.3. The van der Waals surface area contributed by atoms with E-state index in [2.05, 4.69) is 24.2 Å². The number of likely N-dealkylation sites (N-methyl/N-ethyl adjacent to an activating group) is 1. The van der Waals surface area contributed by atoms with Crippen molar-refractivity contribution in [3.8, 4) is 0 Å². The summed E-state index contributed by atoms with van der Waals surface area (Å²) >= 11 is 0. The van der Waals surface area contributed by atoms with Crippen molar-refractivity contribution >= 4 is 0 Å². The van der Waals surface area contributed by atoms with Gasteiger partial charge in [0.1, 0.15) is 0 Å². The van der Waals surface area contributed by atoms with Crippen LogP contribution in [0.2, 0.25) is 0 Å². The Kier molecular flexibility index (Phi) is 5.53. The first-order valence-corrected chi connectivity index (χ1v) is 4.94. The maximum Gasteiger partial charge on any atom is 0.0563 e. The molecular weight excluding hydrogens is 164 g/mol. The van der Waals surface area contributed by atoms with Crippen molar-refractivity contribution in [2.75, 3.05) is 26.7 Å². The number of nitrogens with zero attached hydrogens (tertiary/aromatic N) is 1. The van der Waals surface area contributed by atoms with Gasteiger partial charge in [0.2, 0.25) is 0 Å². The molecule has 1 atom stereocenters. The normalized spacial score (nSPS) is 24.9. The maximum absolute atomic E-state index is 8.52. The molecule has 2 N–H and O–H groups in total. The predicted molar refractivity (Wildman–Crippen MR) is 59.0 cm³/mol. The summed E-state index contributed by atoms with van der Waals surface area (Å²) in [4.78, 5) is 2.37. The van der Waals surface area contributed by atoms with E-state index in [1.807, 2.05) is 0 Å². The average molecular weight is 190 g/mol. The monoisotopic (exact) mass is 190 g/mol. The highest BCUT2D eigenvalue weighted by Crippen LogP contribution is 1.95. The van der Waals surface area contributed by atoms with Crippen LogP contribution in [0.3, 0.4) is 0 Å². The molecule has 0 aromatic rings. The van der Waals surface area contributed by atoms with Crippen LogP contribution < -0.4 is 5.32 Å². The zero-order valence-electron chi connectivity index (χ0n) is 9.59. The summed E-state index contributed by atoms with van der Waals surface area (Å²) in [6.07, 6.45) is 0. The fourth-order valence-electron chi connectivity index (χ4n) is 0.943. The van der Waals surface area contributed by atoms with Crippen LogP contribution in [0.1, 0.15) is 29.1 Å². The molecule has 1 aliphatic rings. The molecule has 1 rings (SSSR count). The summed E-state index contributed by atoms with van der Waals surface area (Å²) in [6, 6.07) is 0.726. The van der Waals surface area contributed by atoms with Crippen LogP contribution in [0.5, 0.6) is 0 Å². The van der Waals surface area contributed by atoms with Crippen LogP contribution in [-0.2, 0) is 0 Å². The summed E-state index contributed by atoms with van der Waals surface area (Å²) in [5.41, 5.74) is -0.500. The Hall–Kier alpha value is -0.120. The predicted octanol–water partition coefficient (Wildman–Crippen LogP) is 0.933. The topological polar surface area (TPSA) is 35.5 Å². The lowest BCUT2D eigenvalue weighted by Gasteiger charge is -2.29. The lowest BCUT2D eigenvalue weighted by atomic mass is 10.2. The second-order valence-corrected chi connectivity index (χ2v) is 4.70. The Morgan fingerprint density at radius 2 is 1.92 bits per heavy atom. The summed E-state index contributed by atoms with van der Waals surface area (Å²) < 4.78 is 0. The molecule has 1 fully saturated rings. The van der Waals surface area contributed by atoms with Crippen LogP contribution in [0.15, 0.2) is 0 Å². The molecule has 82 valence electrons. The lowest BCUT2D eigenvalue weighted by Crippen LogP contribution is -2.47. The van der Waals surface area contributed by atoms with Crippen molar-refractivity contribution in [2.45, 2.75) is 39.3 Å². The molecule has 0 aromatic carbocycles. The molecule has 0 aliphatic carbocycles. The molecule has 3 heteroatoms. The average Bonchev–Trinajstić information content (AvgIpc) is 1.92. The second kappa shape index (κ2) is 5.58. The van der Waals surface area contributed by atoms with E-state index < -0.39 is 5.60 Å². The minimum absolute atomic E-state index is 0. The van der Waals surface area contributed by atoms with E-state index in [4.69, 9.17) is 5.11 Å². The smallest absolute Gasteiger partial charge is 0.0563 e. The highest BCUT2D eigenvalue weighted by Gasteiger charge is 2.11. The lowest BCUT2D eigenvalue weighted by molar-refractivity contribution is 0.102. The van der Waals surface area contributed by atoms with Gasteiger partial charge in [-0.3, -0.25) is 0 Å². The zero-order chi connectivity index (χ0) is 10.5. The molecule has 3 nitrogen and oxygen atoms in total. The van der Waals surface area contributed by atoms with E-state index in [1.54, 1.807) is 20.8 Å². The van der Waals surface area contributed by atoms with Crippen molar-refractivity contribution in [2.24, 2.45) is 0 Å². The van der Waals surface area contributed by atoms with Crippen molar-refractivity contribution < 1.29 is 6.53 Å². The molecule has 1 saturated heterocycles. The summed E-state index contributed by atoms with van der Waals surface area (Å²) in [5.74, 6) is 0. The van der Waals surface area contributed by atoms with Gasteiger partial charge < -0.3 is 15.3 Å². The zero-order valence-corrected chi connectivity index (χ0v) is 9.59. The van der Waals surface area contributed by atoms with Crippen LogP contribution in [-0.4, -0.2) is 48.3 Å². The Morgan fingerprint density at radius 1 is 1.46 bits per heavy atom. The molecule has 0 saturated carbocycles.